The molecule has 2 aliphatic heterocycles. The largest absolute Gasteiger partial charge is 1.00 e. The number of aryl methyl sites for hydroxylation is 2. The predicted molar refractivity (Wildman–Crippen MR) is 245 cm³/mol. The molecule has 0 unspecified atom stereocenters. The van der Waals surface area contributed by atoms with Crippen LogP contribution in [-0.2, 0) is 37.1 Å². The van der Waals surface area contributed by atoms with Crippen LogP contribution in [-0.4, -0.2) is 65.5 Å². The molecule has 0 aliphatic carbocycles. The van der Waals surface area contributed by atoms with Gasteiger partial charge in [-0.3, -0.25) is 20.2 Å². The van der Waals surface area contributed by atoms with E-state index >= 15 is 0 Å². The van der Waals surface area contributed by atoms with Gasteiger partial charge in [-0.1, -0.05) is 19.6 Å². The molecule has 5 heterocycles. The van der Waals surface area contributed by atoms with Gasteiger partial charge >= 0.3 is 29.6 Å². The number of non-ortho nitro benzene ring substituents is 2. The summed E-state index contributed by atoms with van der Waals surface area (Å²) in [6.07, 6.45) is 11.5. The number of thiocarbonyl (C=S) groups is 2. The first-order chi connectivity index (χ1) is 29.3. The van der Waals surface area contributed by atoms with E-state index in [9.17, 15) is 20.2 Å². The summed E-state index contributed by atoms with van der Waals surface area (Å²) in [5.41, 5.74) is 23.6. The van der Waals surface area contributed by atoms with Crippen molar-refractivity contribution < 1.29 is 60.5 Å². The summed E-state index contributed by atoms with van der Waals surface area (Å²) in [5, 5.41) is 40.0. The molecule has 0 radical (unpaired) electrons. The number of aromatic nitrogens is 3. The predicted octanol–water partition coefficient (Wildman–Crippen LogP) is 4.31. The molecule has 1 fully saturated rings. The maximum atomic E-state index is 10.9. The monoisotopic (exact) mass is 919 g/mol. The van der Waals surface area contributed by atoms with E-state index in [0.29, 0.717) is 36.3 Å². The molecule has 0 saturated carbocycles. The fourth-order valence-electron chi connectivity index (χ4n) is 5.57. The van der Waals surface area contributed by atoms with E-state index in [1.165, 1.54) is 56.1 Å². The van der Waals surface area contributed by atoms with Crippen molar-refractivity contribution in [1.82, 2.24) is 15.0 Å². The zero-order valence-electron chi connectivity index (χ0n) is 35.2. The summed E-state index contributed by atoms with van der Waals surface area (Å²) in [7, 11) is 1.25. The SMILES string of the molecule is C1CCOC1.Cl.NCc1cc([N+](=O)[O-])ccc1N.Nc1ccc([N+](=O)[O-])cc1CCC(=S)CCc1ccnc2[nH]ccc12.O=C([O-])O.S=C=NCc1ccnc2c1CC=N2.[2H]C.[Na+]. The van der Waals surface area contributed by atoms with E-state index in [1.807, 2.05) is 30.6 Å². The Morgan fingerprint density at radius 3 is 2.03 bits per heavy atom. The third-order valence-electron chi connectivity index (χ3n) is 8.57. The number of halogens is 1. The third-order valence-corrected chi connectivity index (χ3v) is 9.11. The molecule has 0 amide bonds. The fraction of sp³-hybridized carbons (Fsp3) is 0.300. The number of anilines is 2. The van der Waals surface area contributed by atoms with Crippen molar-refractivity contribution in [3.63, 3.8) is 0 Å². The average molecular weight is 920 g/mol. The molecule has 22 heteroatoms. The first kappa shape index (κ1) is 54.7. The van der Waals surface area contributed by atoms with E-state index in [0.717, 1.165) is 70.9 Å². The average Bonchev–Trinajstić information content (AvgIpc) is 4.08. The number of nitrogens with one attached hydrogen (secondary N) is 1. The number of isothiocyanates is 1. The van der Waals surface area contributed by atoms with Crippen LogP contribution >= 0.6 is 36.8 Å². The van der Waals surface area contributed by atoms with Gasteiger partial charge in [0, 0.05) is 98.9 Å². The van der Waals surface area contributed by atoms with Gasteiger partial charge in [0.2, 0.25) is 6.16 Å². The number of nitrogen functional groups attached to an aromatic ring is 2. The summed E-state index contributed by atoms with van der Waals surface area (Å²) >= 11 is 10.00. The standard InChI is InChI=1S/C18H18N4O2S.C9H7N3S.C7H9N3O2.C4H8O.CH2O3.CH4.ClH.Na/c19-17-6-3-14(22(23)24)11-13(17)2-5-15(25)4-1-12-7-9-20-18-16(12)8-10-21-18;13-6-10-5-7-1-3-11-9-8(7)2-4-12-9;8-4-5-3-6(10(11)12)1-2-7(5)9;1-2-4-5-3-1;2-1(3)4;;;/h3,6-11H,1-2,4-5,19H2,(H,20,21);1,3-4H,2,5H2;1-3H,4,8-9H2;1-4H2;(H2,2,3,4);1H4;1H;/q;;;;;;;+1/p-1/i;;;;;1D;;. The smallest absolute Gasteiger partial charge is 0.565 e. The van der Waals surface area contributed by atoms with Crippen molar-refractivity contribution in [2.75, 3.05) is 24.7 Å². The molecule has 7 rings (SSSR count). The number of rotatable bonds is 11. The minimum Gasteiger partial charge on any atom is -0.565 e. The van der Waals surface area contributed by atoms with Crippen LogP contribution in [0.2, 0.25) is 0 Å². The molecule has 8 N–H and O–H groups in total. The minimum atomic E-state index is -2.08. The summed E-state index contributed by atoms with van der Waals surface area (Å²) < 4.78 is 10.7. The van der Waals surface area contributed by atoms with Gasteiger partial charge in [0.15, 0.2) is 5.82 Å². The number of hydrogen-bond acceptors (Lipinski definition) is 16. The summed E-state index contributed by atoms with van der Waals surface area (Å²) in [5.74, 6) is 0.817. The number of pyridine rings is 2. The number of carboxylic acid groups (broad SMARTS) is 2. The molecule has 1 saturated heterocycles. The Bertz CT molecular complexity index is 2300. The number of H-pyrrole nitrogens is 1. The van der Waals surface area contributed by atoms with E-state index in [2.05, 4.69) is 42.3 Å². The van der Waals surface area contributed by atoms with Crippen LogP contribution in [0, 0.1) is 20.2 Å². The molecule has 2 aliphatic rings. The van der Waals surface area contributed by atoms with Gasteiger partial charge in [-0.05, 0) is 108 Å². The number of nitrogens with zero attached hydrogens (tertiary/aromatic N) is 6. The van der Waals surface area contributed by atoms with E-state index < -0.39 is 16.0 Å². The molecule has 0 spiro atoms. The van der Waals surface area contributed by atoms with Crippen LogP contribution in [0.4, 0.5) is 33.4 Å². The normalized spacial score (nSPS) is 11.3. The summed E-state index contributed by atoms with van der Waals surface area (Å²) in [6, 6.07) is 14.7. The topological polar surface area (TPSA) is 300 Å². The molecule has 2 aromatic carbocycles. The molecular formula is C40H48ClN10NaO8S2. The summed E-state index contributed by atoms with van der Waals surface area (Å²) in [4.78, 5) is 49.2. The van der Waals surface area contributed by atoms with Gasteiger partial charge in [0.05, 0.1) is 21.6 Å². The zero-order valence-corrected chi connectivity index (χ0v) is 38.7. The van der Waals surface area contributed by atoms with Crippen LogP contribution in [0.1, 0.15) is 62.3 Å². The number of aromatic amines is 1. The summed E-state index contributed by atoms with van der Waals surface area (Å²) in [6.45, 7) is 2.80. The second-order valence-corrected chi connectivity index (χ2v) is 13.3. The van der Waals surface area contributed by atoms with Crippen LogP contribution in [0.15, 0.2) is 83.2 Å². The van der Waals surface area contributed by atoms with Crippen LogP contribution in [0.5, 0.6) is 0 Å². The molecule has 62 heavy (non-hydrogen) atoms. The number of ether oxygens (including phenoxy) is 1. The van der Waals surface area contributed by atoms with Crippen LogP contribution < -0.4 is 51.9 Å². The third kappa shape index (κ3) is 19.6. The Balaban J connectivity index is 0.000000855. The first-order valence-corrected chi connectivity index (χ1v) is 18.8. The van der Waals surface area contributed by atoms with Gasteiger partial charge in [-0.2, -0.15) is 0 Å². The Hall–Kier alpha value is -5.28. The van der Waals surface area contributed by atoms with E-state index in [-0.39, 0.29) is 59.9 Å². The number of aliphatic imine (C=N–C) groups is 2. The number of nitro benzene ring substituents is 2. The van der Waals surface area contributed by atoms with Gasteiger partial charge in [0.25, 0.3) is 11.4 Å². The van der Waals surface area contributed by atoms with Crippen molar-refractivity contribution in [2.24, 2.45) is 15.7 Å². The maximum absolute atomic E-state index is 10.9. The Labute approximate surface area is 398 Å². The van der Waals surface area contributed by atoms with Gasteiger partial charge < -0.3 is 41.9 Å². The quantitative estimate of drug-likeness (QED) is 0.0308. The minimum absolute atomic E-state index is 0. The molecule has 0 atom stereocenters. The second-order valence-electron chi connectivity index (χ2n) is 12.5. The Kier molecular flexibility index (Phi) is 27.1. The first-order valence-electron chi connectivity index (χ1n) is 19.0. The maximum Gasteiger partial charge on any atom is 1.00 e. The van der Waals surface area contributed by atoms with Crippen molar-refractivity contribution in [3.05, 3.63) is 121 Å². The van der Waals surface area contributed by atoms with Crippen LogP contribution in [0.25, 0.3) is 11.0 Å². The molecule has 0 bridgehead atoms. The number of fused-ring (bicyclic) bond motifs is 2. The fourth-order valence-corrected chi connectivity index (χ4v) is 5.84. The number of nitro groups is 2. The number of benzene rings is 2. The van der Waals surface area contributed by atoms with Crippen molar-refractivity contribution in [1.29, 1.82) is 0 Å². The van der Waals surface area contributed by atoms with E-state index in [1.54, 1.807) is 18.5 Å². The Morgan fingerprint density at radius 1 is 0.935 bits per heavy atom. The van der Waals surface area contributed by atoms with E-state index in [4.69, 9.17) is 50.5 Å². The molecule has 326 valence electrons. The zero-order chi connectivity index (χ0) is 45.2. The van der Waals surface area contributed by atoms with Gasteiger partial charge in [-0.15, -0.1) is 12.4 Å². The molecule has 3 aromatic heterocycles. The van der Waals surface area contributed by atoms with Crippen LogP contribution in [0.3, 0.4) is 0 Å². The molecule has 18 nitrogen and oxygen atoms in total. The van der Waals surface area contributed by atoms with Gasteiger partial charge in [0.1, 0.15) is 5.65 Å². The van der Waals surface area contributed by atoms with Gasteiger partial charge in [-0.25, -0.2) is 20.0 Å². The number of hydrogen-bond donors (Lipinski definition) is 5. The number of nitrogens with two attached hydrogens (primary N) is 3. The Morgan fingerprint density at radius 2 is 1.48 bits per heavy atom. The second kappa shape index (κ2) is 30.7. The van der Waals surface area contributed by atoms with Crippen molar-refractivity contribution >= 4 is 98.8 Å². The van der Waals surface area contributed by atoms with Crippen molar-refractivity contribution in [2.45, 2.75) is 65.4 Å². The molecular weight excluding hydrogens is 871 g/mol. The van der Waals surface area contributed by atoms with Crippen molar-refractivity contribution in [3.8, 4) is 0 Å². The number of carbonyl (C=O) groups is 1. The molecule has 5 aromatic rings.